The van der Waals surface area contributed by atoms with E-state index in [9.17, 15) is 14.4 Å². The van der Waals surface area contributed by atoms with Gasteiger partial charge in [0.15, 0.2) is 18.1 Å². The van der Waals surface area contributed by atoms with Gasteiger partial charge in [-0.05, 0) is 31.5 Å². The van der Waals surface area contributed by atoms with Gasteiger partial charge in [0.1, 0.15) is 18.8 Å². The molecule has 3 amide bonds. The van der Waals surface area contributed by atoms with Gasteiger partial charge in [0, 0.05) is 11.8 Å². The molecular weight excluding hydrogens is 440 g/mol. The molecule has 2 heterocycles. The number of esters is 1. The van der Waals surface area contributed by atoms with Crippen molar-refractivity contribution in [3.05, 3.63) is 71.0 Å². The molecule has 0 fully saturated rings. The molecule has 1 aromatic heterocycles. The van der Waals surface area contributed by atoms with E-state index in [1.54, 1.807) is 36.7 Å². The minimum atomic E-state index is -0.768. The maximum atomic E-state index is 12.6. The topological polar surface area (TPSA) is 121 Å². The molecule has 2 N–H and O–H groups in total. The molecule has 10 nitrogen and oxygen atoms in total. The highest BCUT2D eigenvalue weighted by Crippen LogP contribution is 2.32. The summed E-state index contributed by atoms with van der Waals surface area (Å²) < 4.78 is 17.7. The lowest BCUT2D eigenvalue weighted by Gasteiger charge is -2.19. The van der Waals surface area contributed by atoms with Crippen molar-refractivity contribution in [3.8, 4) is 11.5 Å². The van der Waals surface area contributed by atoms with Crippen LogP contribution in [0.1, 0.15) is 27.3 Å². The normalized spacial score (nSPS) is 12.1. The number of hydrogen-bond donors (Lipinski definition) is 2. The summed E-state index contributed by atoms with van der Waals surface area (Å²) in [5, 5.41) is 9.06. The van der Waals surface area contributed by atoms with Crippen molar-refractivity contribution < 1.29 is 28.6 Å². The highest BCUT2D eigenvalue weighted by molar-refractivity contribution is 6.02. The Bertz CT molecular complexity index is 1220. The molecule has 0 unspecified atom stereocenters. The highest BCUT2D eigenvalue weighted by Gasteiger charge is 2.21. The Kier molecular flexibility index (Phi) is 6.77. The Morgan fingerprint density at radius 3 is 2.53 bits per heavy atom. The number of anilines is 1. The summed E-state index contributed by atoms with van der Waals surface area (Å²) in [5.41, 5.74) is 2.88. The van der Waals surface area contributed by atoms with Crippen LogP contribution in [0.5, 0.6) is 11.5 Å². The summed E-state index contributed by atoms with van der Waals surface area (Å²) in [6.45, 7) is 4.22. The number of carbonyl (C=O) groups is 3. The number of aromatic nitrogens is 2. The van der Waals surface area contributed by atoms with Crippen molar-refractivity contribution in [2.75, 3.05) is 25.1 Å². The number of fused-ring (bicyclic) bond motifs is 1. The van der Waals surface area contributed by atoms with E-state index in [1.807, 2.05) is 30.3 Å². The van der Waals surface area contributed by atoms with Crippen molar-refractivity contribution in [2.24, 2.45) is 0 Å². The fourth-order valence-electron chi connectivity index (χ4n) is 3.55. The minimum absolute atomic E-state index is 0.296. The first kappa shape index (κ1) is 22.8. The lowest BCUT2D eigenvalue weighted by atomic mass is 10.2. The van der Waals surface area contributed by atoms with Gasteiger partial charge in [-0.1, -0.05) is 30.3 Å². The summed E-state index contributed by atoms with van der Waals surface area (Å²) in [6.07, 6.45) is 0. The minimum Gasteiger partial charge on any atom is -0.486 e. The number of nitrogens with zero attached hydrogens (tertiary/aromatic N) is 2. The molecule has 0 saturated heterocycles. The van der Waals surface area contributed by atoms with Gasteiger partial charge in [-0.2, -0.15) is 5.10 Å². The first-order valence-electron chi connectivity index (χ1n) is 10.7. The number of ether oxygens (including phenoxy) is 3. The van der Waals surface area contributed by atoms with Crippen molar-refractivity contribution in [1.82, 2.24) is 15.1 Å². The number of hydrogen-bond acceptors (Lipinski definition) is 7. The average molecular weight is 464 g/mol. The molecule has 176 valence electrons. The van der Waals surface area contributed by atoms with Crippen LogP contribution in [0.4, 0.5) is 10.5 Å². The largest absolute Gasteiger partial charge is 0.486 e. The Balaban J connectivity index is 1.30. The van der Waals surface area contributed by atoms with E-state index in [0.717, 1.165) is 5.56 Å². The number of imide groups is 1. The molecule has 0 spiro atoms. The monoisotopic (exact) mass is 464 g/mol. The van der Waals surface area contributed by atoms with Gasteiger partial charge >= 0.3 is 12.0 Å². The Morgan fingerprint density at radius 1 is 1.03 bits per heavy atom. The smallest absolute Gasteiger partial charge is 0.342 e. The van der Waals surface area contributed by atoms with Gasteiger partial charge in [0.25, 0.3) is 5.91 Å². The van der Waals surface area contributed by atoms with E-state index in [0.29, 0.717) is 53.9 Å². The van der Waals surface area contributed by atoms with E-state index in [1.165, 1.54) is 0 Å². The van der Waals surface area contributed by atoms with E-state index in [4.69, 9.17) is 14.2 Å². The number of amides is 3. The van der Waals surface area contributed by atoms with Gasteiger partial charge in [-0.25, -0.2) is 9.59 Å². The fraction of sp³-hybridized carbons (Fsp3) is 0.250. The predicted molar refractivity (Wildman–Crippen MR) is 122 cm³/mol. The van der Waals surface area contributed by atoms with Crippen LogP contribution >= 0.6 is 0 Å². The second-order valence-corrected chi connectivity index (χ2v) is 7.63. The van der Waals surface area contributed by atoms with Gasteiger partial charge in [-0.3, -0.25) is 14.8 Å². The van der Waals surface area contributed by atoms with Crippen LogP contribution in [0.2, 0.25) is 0 Å². The molecular formula is C24H24N4O6. The molecule has 4 rings (SSSR count). The lowest BCUT2D eigenvalue weighted by Crippen LogP contribution is -2.37. The lowest BCUT2D eigenvalue weighted by molar-refractivity contribution is -0.123. The quantitative estimate of drug-likeness (QED) is 0.538. The van der Waals surface area contributed by atoms with Crippen LogP contribution in [0.25, 0.3) is 0 Å². The zero-order valence-corrected chi connectivity index (χ0v) is 18.8. The van der Waals surface area contributed by atoms with Crippen molar-refractivity contribution in [3.63, 3.8) is 0 Å². The van der Waals surface area contributed by atoms with Crippen LogP contribution < -0.4 is 20.1 Å². The number of aryl methyl sites for hydroxylation is 1. The van der Waals surface area contributed by atoms with E-state index in [2.05, 4.69) is 15.7 Å². The summed E-state index contributed by atoms with van der Waals surface area (Å²) in [6, 6.07) is 13.8. The maximum Gasteiger partial charge on any atom is 0.342 e. The molecule has 0 atom stereocenters. The molecule has 0 aliphatic carbocycles. The van der Waals surface area contributed by atoms with Crippen molar-refractivity contribution in [1.29, 1.82) is 0 Å². The third-order valence-electron chi connectivity index (χ3n) is 5.15. The van der Waals surface area contributed by atoms with Gasteiger partial charge < -0.3 is 19.5 Å². The number of carbonyl (C=O) groups excluding carboxylic acids is 3. The van der Waals surface area contributed by atoms with Crippen LogP contribution in [0, 0.1) is 13.8 Å². The maximum absolute atomic E-state index is 12.6. The van der Waals surface area contributed by atoms with E-state index < -0.39 is 24.5 Å². The van der Waals surface area contributed by atoms with E-state index >= 15 is 0 Å². The Labute approximate surface area is 195 Å². The number of urea groups is 1. The third kappa shape index (κ3) is 5.34. The number of benzene rings is 2. The first-order valence-corrected chi connectivity index (χ1v) is 10.7. The number of nitrogens with one attached hydrogen (secondary N) is 2. The highest BCUT2D eigenvalue weighted by atomic mass is 16.6. The molecule has 2 aromatic carbocycles. The predicted octanol–water partition coefficient (Wildman–Crippen LogP) is 2.82. The Hall–Kier alpha value is -4.34. The van der Waals surface area contributed by atoms with Crippen LogP contribution in [-0.4, -0.2) is 47.5 Å². The molecule has 3 aromatic rings. The van der Waals surface area contributed by atoms with Crippen LogP contribution in [-0.2, 0) is 16.1 Å². The molecule has 10 heteroatoms. The zero-order valence-electron chi connectivity index (χ0n) is 18.8. The molecule has 34 heavy (non-hydrogen) atoms. The second kappa shape index (κ2) is 10.1. The molecule has 1 aliphatic heterocycles. The van der Waals surface area contributed by atoms with Gasteiger partial charge in [-0.15, -0.1) is 0 Å². The average Bonchev–Trinajstić information content (AvgIpc) is 3.10. The fourth-order valence-corrected chi connectivity index (χ4v) is 3.55. The van der Waals surface area contributed by atoms with E-state index in [-0.39, 0.29) is 0 Å². The van der Waals surface area contributed by atoms with Crippen LogP contribution in [0.15, 0.2) is 48.5 Å². The summed E-state index contributed by atoms with van der Waals surface area (Å²) >= 11 is 0. The van der Waals surface area contributed by atoms with Gasteiger partial charge in [0.2, 0.25) is 0 Å². The summed E-state index contributed by atoms with van der Waals surface area (Å²) in [7, 11) is 0. The molecule has 0 radical (unpaired) electrons. The van der Waals surface area contributed by atoms with Gasteiger partial charge in [0.05, 0.1) is 17.9 Å². The summed E-state index contributed by atoms with van der Waals surface area (Å²) in [5.74, 6) is -0.368. The number of rotatable bonds is 6. The standard InChI is InChI=1S/C24H24N4O6/c1-15-22(16(2)28(27-15)13-17-6-4-3-5-7-17)23(30)34-14-21(29)26-24(31)25-18-8-9-19-20(12-18)33-11-10-32-19/h3-9,12H,10-11,13-14H2,1-2H3,(H2,25,26,29,31). The summed E-state index contributed by atoms with van der Waals surface area (Å²) in [4.78, 5) is 36.8. The zero-order chi connectivity index (χ0) is 24.1. The first-order chi connectivity index (χ1) is 16.4. The second-order valence-electron chi connectivity index (χ2n) is 7.63. The van der Waals surface area contributed by atoms with Crippen LogP contribution in [0.3, 0.4) is 0 Å². The van der Waals surface area contributed by atoms with Crippen molar-refractivity contribution >= 4 is 23.6 Å². The molecule has 0 saturated carbocycles. The molecule has 1 aliphatic rings. The Morgan fingerprint density at radius 2 is 1.76 bits per heavy atom. The molecule has 0 bridgehead atoms. The third-order valence-corrected chi connectivity index (χ3v) is 5.15. The SMILES string of the molecule is Cc1nn(Cc2ccccc2)c(C)c1C(=O)OCC(=O)NC(=O)Nc1ccc2c(c1)OCCO2. The van der Waals surface area contributed by atoms with Crippen molar-refractivity contribution in [2.45, 2.75) is 20.4 Å².